The van der Waals surface area contributed by atoms with E-state index in [1.807, 2.05) is 12.1 Å². The zero-order valence-electron chi connectivity index (χ0n) is 18.6. The maximum Gasteiger partial charge on any atom is 0.192 e. The lowest BCUT2D eigenvalue weighted by Crippen LogP contribution is -2.46. The van der Waals surface area contributed by atoms with Crippen molar-refractivity contribution in [2.45, 2.75) is 70.8 Å². The Bertz CT molecular complexity index is 708. The Hall–Kier alpha value is -1.78. The summed E-state index contributed by atoms with van der Waals surface area (Å²) in [5.74, 6) is 0.865. The summed E-state index contributed by atoms with van der Waals surface area (Å²) >= 11 is 0. The standard InChI is InChI=1S/C24H37NO2Si/c1-8-12-22(27-28(6,7)24(2,3)4)23(19-13-10-9-11-14-19)25-20-15-17-21(26-5)18-16-20/h9-11,13-18,22-23,25H,8,12H2,1-7H3. The number of benzene rings is 2. The molecule has 0 spiro atoms. The van der Waals surface area contributed by atoms with Crippen molar-refractivity contribution in [3.05, 3.63) is 60.2 Å². The summed E-state index contributed by atoms with van der Waals surface area (Å²) in [6, 6.07) is 18.9. The van der Waals surface area contributed by atoms with Gasteiger partial charge in [-0.1, -0.05) is 64.4 Å². The molecular formula is C24H37NO2Si. The fourth-order valence-electron chi connectivity index (χ4n) is 3.05. The molecule has 4 heteroatoms. The van der Waals surface area contributed by atoms with Crippen molar-refractivity contribution in [1.82, 2.24) is 0 Å². The first kappa shape index (κ1) is 22.5. The van der Waals surface area contributed by atoms with Gasteiger partial charge >= 0.3 is 0 Å². The van der Waals surface area contributed by atoms with E-state index in [0.29, 0.717) is 0 Å². The largest absolute Gasteiger partial charge is 0.497 e. The van der Waals surface area contributed by atoms with Gasteiger partial charge in [0.1, 0.15) is 5.75 Å². The van der Waals surface area contributed by atoms with E-state index in [2.05, 4.69) is 88.6 Å². The molecule has 2 aromatic rings. The van der Waals surface area contributed by atoms with E-state index in [4.69, 9.17) is 9.16 Å². The number of anilines is 1. The second-order valence-corrected chi connectivity index (χ2v) is 13.7. The minimum atomic E-state index is -1.89. The summed E-state index contributed by atoms with van der Waals surface area (Å²) in [5, 5.41) is 3.93. The maximum atomic E-state index is 6.93. The van der Waals surface area contributed by atoms with Crippen LogP contribution in [-0.2, 0) is 4.43 Å². The topological polar surface area (TPSA) is 30.5 Å². The molecule has 2 aromatic carbocycles. The summed E-state index contributed by atoms with van der Waals surface area (Å²) in [4.78, 5) is 0. The highest BCUT2D eigenvalue weighted by Crippen LogP contribution is 2.40. The van der Waals surface area contributed by atoms with Gasteiger partial charge in [-0.3, -0.25) is 0 Å². The van der Waals surface area contributed by atoms with Crippen LogP contribution in [0.25, 0.3) is 0 Å². The Labute approximate surface area is 172 Å². The lowest BCUT2D eigenvalue weighted by molar-refractivity contribution is 0.149. The van der Waals surface area contributed by atoms with Gasteiger partial charge in [0.15, 0.2) is 8.32 Å². The minimum Gasteiger partial charge on any atom is -0.497 e. The summed E-state index contributed by atoms with van der Waals surface area (Å²) in [7, 11) is -0.199. The third kappa shape index (κ3) is 5.86. The molecule has 0 heterocycles. The molecule has 0 aromatic heterocycles. The normalized spacial score (nSPS) is 14.4. The number of methoxy groups -OCH3 is 1. The molecule has 0 saturated heterocycles. The molecule has 154 valence electrons. The van der Waals surface area contributed by atoms with Crippen molar-refractivity contribution in [2.24, 2.45) is 0 Å². The molecular weight excluding hydrogens is 362 g/mol. The Kier molecular flexibility index (Phi) is 7.73. The third-order valence-corrected chi connectivity index (χ3v) is 10.3. The quantitative estimate of drug-likeness (QED) is 0.459. The SMILES string of the molecule is CCCC(O[Si](C)(C)C(C)(C)C)C(Nc1ccc(OC)cc1)c1ccccc1. The van der Waals surface area contributed by atoms with Crippen LogP contribution in [0.4, 0.5) is 5.69 Å². The Morgan fingerprint density at radius 3 is 2.07 bits per heavy atom. The van der Waals surface area contributed by atoms with Gasteiger partial charge in [-0.2, -0.15) is 0 Å². The number of hydrogen-bond acceptors (Lipinski definition) is 3. The van der Waals surface area contributed by atoms with Crippen molar-refractivity contribution in [3.63, 3.8) is 0 Å². The van der Waals surface area contributed by atoms with E-state index in [0.717, 1.165) is 24.3 Å². The van der Waals surface area contributed by atoms with Crippen molar-refractivity contribution in [3.8, 4) is 5.75 Å². The molecule has 0 aliphatic heterocycles. The van der Waals surface area contributed by atoms with Gasteiger partial charge in [0, 0.05) is 5.69 Å². The number of hydrogen-bond donors (Lipinski definition) is 1. The molecule has 2 atom stereocenters. The number of ether oxygens (including phenoxy) is 1. The van der Waals surface area contributed by atoms with Gasteiger partial charge in [0.05, 0.1) is 19.3 Å². The van der Waals surface area contributed by atoms with Gasteiger partial charge < -0.3 is 14.5 Å². The molecule has 2 unspecified atom stereocenters. The zero-order valence-corrected chi connectivity index (χ0v) is 19.6. The van der Waals surface area contributed by atoms with Crippen molar-refractivity contribution < 1.29 is 9.16 Å². The van der Waals surface area contributed by atoms with Gasteiger partial charge in [-0.15, -0.1) is 0 Å². The monoisotopic (exact) mass is 399 g/mol. The second kappa shape index (κ2) is 9.62. The van der Waals surface area contributed by atoms with Crippen LogP contribution in [0.2, 0.25) is 18.1 Å². The van der Waals surface area contributed by atoms with E-state index < -0.39 is 8.32 Å². The molecule has 2 rings (SSSR count). The van der Waals surface area contributed by atoms with E-state index in [1.165, 1.54) is 5.56 Å². The molecule has 0 aliphatic rings. The summed E-state index contributed by atoms with van der Waals surface area (Å²) < 4.78 is 12.2. The first-order valence-corrected chi connectivity index (χ1v) is 13.2. The van der Waals surface area contributed by atoms with E-state index in [-0.39, 0.29) is 17.2 Å². The Morgan fingerprint density at radius 1 is 0.964 bits per heavy atom. The molecule has 0 fully saturated rings. The van der Waals surface area contributed by atoms with Crippen LogP contribution >= 0.6 is 0 Å². The average Bonchev–Trinajstić information content (AvgIpc) is 2.66. The van der Waals surface area contributed by atoms with Gasteiger partial charge in [-0.25, -0.2) is 0 Å². The van der Waals surface area contributed by atoms with Crippen LogP contribution in [0, 0.1) is 0 Å². The van der Waals surface area contributed by atoms with Crippen molar-refractivity contribution in [1.29, 1.82) is 0 Å². The summed E-state index contributed by atoms with van der Waals surface area (Å²) in [6.45, 7) is 13.8. The lowest BCUT2D eigenvalue weighted by atomic mass is 9.98. The predicted molar refractivity (Wildman–Crippen MR) is 123 cm³/mol. The molecule has 0 aliphatic carbocycles. The Balaban J connectivity index is 2.36. The highest BCUT2D eigenvalue weighted by atomic mass is 28.4. The van der Waals surface area contributed by atoms with Crippen LogP contribution in [0.5, 0.6) is 5.75 Å². The zero-order chi connectivity index (χ0) is 20.8. The van der Waals surface area contributed by atoms with Crippen molar-refractivity contribution in [2.75, 3.05) is 12.4 Å². The van der Waals surface area contributed by atoms with Gasteiger partial charge in [0.2, 0.25) is 0 Å². The van der Waals surface area contributed by atoms with Crippen LogP contribution in [0.3, 0.4) is 0 Å². The van der Waals surface area contributed by atoms with Gasteiger partial charge in [0.25, 0.3) is 0 Å². The van der Waals surface area contributed by atoms with Gasteiger partial charge in [-0.05, 0) is 54.4 Å². The summed E-state index contributed by atoms with van der Waals surface area (Å²) in [6.07, 6.45) is 2.23. The predicted octanol–water partition coefficient (Wildman–Crippen LogP) is 7.04. The van der Waals surface area contributed by atoms with Crippen LogP contribution < -0.4 is 10.1 Å². The molecule has 3 nitrogen and oxygen atoms in total. The number of rotatable bonds is 9. The van der Waals surface area contributed by atoms with E-state index >= 15 is 0 Å². The second-order valence-electron chi connectivity index (χ2n) is 8.97. The minimum absolute atomic E-state index is 0.101. The van der Waals surface area contributed by atoms with Crippen LogP contribution in [-0.4, -0.2) is 21.5 Å². The lowest BCUT2D eigenvalue weighted by Gasteiger charge is -2.42. The first-order chi connectivity index (χ1) is 13.2. The van der Waals surface area contributed by atoms with E-state index in [1.54, 1.807) is 7.11 Å². The molecule has 0 amide bonds. The average molecular weight is 400 g/mol. The molecule has 0 radical (unpaired) electrons. The molecule has 28 heavy (non-hydrogen) atoms. The Morgan fingerprint density at radius 2 is 1.57 bits per heavy atom. The number of nitrogens with one attached hydrogen (secondary N) is 1. The van der Waals surface area contributed by atoms with Crippen LogP contribution in [0.15, 0.2) is 54.6 Å². The highest BCUT2D eigenvalue weighted by Gasteiger charge is 2.40. The van der Waals surface area contributed by atoms with Crippen LogP contribution in [0.1, 0.15) is 52.1 Å². The fourth-order valence-corrected chi connectivity index (χ4v) is 4.42. The van der Waals surface area contributed by atoms with Crippen molar-refractivity contribution >= 4 is 14.0 Å². The molecule has 0 bridgehead atoms. The highest BCUT2D eigenvalue weighted by molar-refractivity contribution is 6.74. The first-order valence-electron chi connectivity index (χ1n) is 10.3. The fraction of sp³-hybridized carbons (Fsp3) is 0.500. The smallest absolute Gasteiger partial charge is 0.192 e. The van der Waals surface area contributed by atoms with E-state index in [9.17, 15) is 0 Å². The maximum absolute atomic E-state index is 6.93. The molecule has 0 saturated carbocycles. The molecule has 1 N–H and O–H groups in total. The third-order valence-electron chi connectivity index (χ3n) is 5.77. The summed E-state index contributed by atoms with van der Waals surface area (Å²) in [5.41, 5.74) is 2.34.